The first-order valence-corrected chi connectivity index (χ1v) is 11.5. The molecule has 0 radical (unpaired) electrons. The second-order valence-electron chi connectivity index (χ2n) is 7.49. The highest BCUT2D eigenvalue weighted by molar-refractivity contribution is 7.10. The van der Waals surface area contributed by atoms with Gasteiger partial charge in [-0.05, 0) is 62.9 Å². The number of thiophene rings is 1. The minimum Gasteiger partial charge on any atom is -0.357 e. The molecule has 0 spiro atoms. The molecule has 1 fully saturated rings. The average Bonchev–Trinajstić information content (AvgIpc) is 3.29. The minimum absolute atomic E-state index is 0.115. The molecule has 0 aliphatic carbocycles. The molecule has 1 amide bonds. The molecule has 0 bridgehead atoms. The third-order valence-corrected chi connectivity index (χ3v) is 6.24. The number of amides is 1. The van der Waals surface area contributed by atoms with Crippen LogP contribution < -0.4 is 16.0 Å². The van der Waals surface area contributed by atoms with E-state index in [4.69, 9.17) is 4.99 Å². The molecule has 2 aromatic heterocycles. The van der Waals surface area contributed by atoms with Gasteiger partial charge in [0.05, 0.1) is 5.56 Å². The Morgan fingerprint density at radius 1 is 1.27 bits per heavy atom. The predicted octanol–water partition coefficient (Wildman–Crippen LogP) is 2.51. The Balaban J connectivity index is 1.51. The van der Waals surface area contributed by atoms with Crippen molar-refractivity contribution in [1.29, 1.82) is 0 Å². The summed E-state index contributed by atoms with van der Waals surface area (Å²) >= 11 is 1.83. The topological polar surface area (TPSA) is 81.7 Å². The molecule has 1 aliphatic rings. The number of carbonyl (C=O) groups is 1. The number of hydrogen-bond acceptors (Lipinski definition) is 5. The molecule has 3 rings (SSSR count). The van der Waals surface area contributed by atoms with E-state index in [2.05, 4.69) is 57.3 Å². The van der Waals surface area contributed by atoms with Crippen LogP contribution >= 0.6 is 11.3 Å². The molecule has 30 heavy (non-hydrogen) atoms. The van der Waals surface area contributed by atoms with Crippen molar-refractivity contribution in [3.05, 3.63) is 52.5 Å². The molecule has 2 atom stereocenters. The first kappa shape index (κ1) is 22.2. The van der Waals surface area contributed by atoms with Crippen LogP contribution in [0.25, 0.3) is 0 Å². The Kier molecular flexibility index (Phi) is 8.65. The van der Waals surface area contributed by atoms with Crippen molar-refractivity contribution >= 4 is 23.2 Å². The fourth-order valence-electron chi connectivity index (χ4n) is 3.87. The molecule has 162 valence electrons. The van der Waals surface area contributed by atoms with Crippen LogP contribution in [0.4, 0.5) is 0 Å². The molecule has 2 aromatic rings. The molecular formula is C22H32N6OS. The lowest BCUT2D eigenvalue weighted by atomic mass is 9.88. The molecule has 0 aromatic carbocycles. The van der Waals surface area contributed by atoms with Gasteiger partial charge in [-0.1, -0.05) is 6.07 Å². The summed E-state index contributed by atoms with van der Waals surface area (Å²) in [5.74, 6) is 1.19. The second-order valence-corrected chi connectivity index (χ2v) is 8.47. The highest BCUT2D eigenvalue weighted by atomic mass is 32.1. The van der Waals surface area contributed by atoms with Crippen LogP contribution in [0, 0.1) is 5.92 Å². The van der Waals surface area contributed by atoms with Crippen molar-refractivity contribution in [2.45, 2.75) is 25.8 Å². The van der Waals surface area contributed by atoms with Crippen molar-refractivity contribution in [2.75, 3.05) is 39.8 Å². The summed E-state index contributed by atoms with van der Waals surface area (Å²) in [5, 5.41) is 11.7. The van der Waals surface area contributed by atoms with Gasteiger partial charge in [0.1, 0.15) is 0 Å². The lowest BCUT2D eigenvalue weighted by Gasteiger charge is -2.38. The van der Waals surface area contributed by atoms with Gasteiger partial charge < -0.3 is 16.0 Å². The van der Waals surface area contributed by atoms with E-state index in [0.29, 0.717) is 30.6 Å². The van der Waals surface area contributed by atoms with E-state index in [1.54, 1.807) is 24.5 Å². The lowest BCUT2D eigenvalue weighted by molar-refractivity contribution is 0.0954. The van der Waals surface area contributed by atoms with Crippen molar-refractivity contribution in [3.63, 3.8) is 0 Å². The number of nitrogens with zero attached hydrogens (tertiary/aromatic N) is 3. The van der Waals surface area contributed by atoms with Gasteiger partial charge in [-0.3, -0.25) is 19.7 Å². The lowest BCUT2D eigenvalue weighted by Crippen LogP contribution is -2.42. The number of piperidine rings is 1. The first-order valence-electron chi connectivity index (χ1n) is 10.6. The number of nitrogens with one attached hydrogen (secondary N) is 3. The molecular weight excluding hydrogens is 396 g/mol. The third kappa shape index (κ3) is 6.27. The minimum atomic E-state index is -0.115. The molecule has 1 aliphatic heterocycles. The number of likely N-dealkylation sites (tertiary alicyclic amines) is 1. The van der Waals surface area contributed by atoms with Gasteiger partial charge in [-0.25, -0.2) is 0 Å². The van der Waals surface area contributed by atoms with Gasteiger partial charge in [0.15, 0.2) is 5.96 Å². The number of carbonyl (C=O) groups excluding carboxylic acids is 1. The maximum atomic E-state index is 12.1. The highest BCUT2D eigenvalue weighted by Crippen LogP contribution is 2.37. The SMILES string of the molecule is CCNC(=NCC1CCCN(C)C1c1cccs1)NCCNC(=O)c1cccnc1. The first-order chi connectivity index (χ1) is 14.7. The van der Waals surface area contributed by atoms with Crippen LogP contribution in [-0.2, 0) is 0 Å². The number of hydrogen-bond donors (Lipinski definition) is 3. The van der Waals surface area contributed by atoms with Crippen LogP contribution in [0.15, 0.2) is 47.0 Å². The Morgan fingerprint density at radius 3 is 2.87 bits per heavy atom. The van der Waals surface area contributed by atoms with Gasteiger partial charge in [0, 0.05) is 49.5 Å². The number of rotatable bonds is 8. The van der Waals surface area contributed by atoms with Crippen molar-refractivity contribution in [2.24, 2.45) is 10.9 Å². The Bertz CT molecular complexity index is 795. The molecule has 7 nitrogen and oxygen atoms in total. The summed E-state index contributed by atoms with van der Waals surface area (Å²) < 4.78 is 0. The molecule has 3 N–H and O–H groups in total. The monoisotopic (exact) mass is 428 g/mol. The Morgan fingerprint density at radius 2 is 2.13 bits per heavy atom. The van der Waals surface area contributed by atoms with Crippen LogP contribution in [0.3, 0.4) is 0 Å². The largest absolute Gasteiger partial charge is 0.357 e. The van der Waals surface area contributed by atoms with E-state index in [-0.39, 0.29) is 5.91 Å². The molecule has 8 heteroatoms. The van der Waals surface area contributed by atoms with E-state index < -0.39 is 0 Å². The summed E-state index contributed by atoms with van der Waals surface area (Å²) in [6.45, 7) is 5.90. The molecule has 0 saturated carbocycles. The van der Waals surface area contributed by atoms with Crippen LogP contribution in [0.1, 0.15) is 41.0 Å². The third-order valence-electron chi connectivity index (χ3n) is 5.30. The summed E-state index contributed by atoms with van der Waals surface area (Å²) in [5.41, 5.74) is 0.569. The maximum Gasteiger partial charge on any atom is 0.252 e. The fraction of sp³-hybridized carbons (Fsp3) is 0.500. The zero-order chi connectivity index (χ0) is 21.2. The van der Waals surface area contributed by atoms with Gasteiger partial charge in [0.2, 0.25) is 0 Å². The second kappa shape index (κ2) is 11.7. The predicted molar refractivity (Wildman–Crippen MR) is 123 cm³/mol. The summed E-state index contributed by atoms with van der Waals surface area (Å²) in [6, 6.07) is 8.32. The van der Waals surface area contributed by atoms with Gasteiger partial charge in [0.25, 0.3) is 5.91 Å². The highest BCUT2D eigenvalue weighted by Gasteiger charge is 2.31. The quantitative estimate of drug-likeness (QED) is 0.342. The van der Waals surface area contributed by atoms with E-state index in [1.807, 2.05) is 11.3 Å². The smallest absolute Gasteiger partial charge is 0.252 e. The standard InChI is InChI=1S/C22H32N6OS/c1-3-24-22(26-12-11-25-21(29)18-7-4-10-23-15-18)27-16-17-8-5-13-28(2)20(17)19-9-6-14-30-19/h4,6-7,9-10,14-15,17,20H,3,5,8,11-13,16H2,1-2H3,(H,25,29)(H2,24,26,27). The Hall–Kier alpha value is -2.45. The molecule has 2 unspecified atom stereocenters. The number of aromatic nitrogens is 1. The summed E-state index contributed by atoms with van der Waals surface area (Å²) in [4.78, 5) is 24.8. The fourth-order valence-corrected chi connectivity index (χ4v) is 4.85. The number of aliphatic imine (C=N–C) groups is 1. The number of pyridine rings is 1. The zero-order valence-corrected chi connectivity index (χ0v) is 18.6. The maximum absolute atomic E-state index is 12.1. The van der Waals surface area contributed by atoms with Gasteiger partial charge in [-0.2, -0.15) is 0 Å². The van der Waals surface area contributed by atoms with Crippen LogP contribution in [-0.4, -0.2) is 61.5 Å². The van der Waals surface area contributed by atoms with Gasteiger partial charge in [-0.15, -0.1) is 11.3 Å². The Labute approximate surface area is 183 Å². The van der Waals surface area contributed by atoms with Crippen molar-refractivity contribution in [1.82, 2.24) is 25.8 Å². The van der Waals surface area contributed by atoms with Crippen LogP contribution in [0.5, 0.6) is 0 Å². The molecule has 3 heterocycles. The van der Waals surface area contributed by atoms with E-state index in [9.17, 15) is 4.79 Å². The average molecular weight is 429 g/mol. The van der Waals surface area contributed by atoms with Crippen LogP contribution in [0.2, 0.25) is 0 Å². The van der Waals surface area contributed by atoms with Gasteiger partial charge >= 0.3 is 0 Å². The van der Waals surface area contributed by atoms with E-state index in [1.165, 1.54) is 17.7 Å². The summed E-state index contributed by atoms with van der Waals surface area (Å²) in [6.07, 6.45) is 5.63. The van der Waals surface area contributed by atoms with E-state index >= 15 is 0 Å². The van der Waals surface area contributed by atoms with Crippen molar-refractivity contribution in [3.8, 4) is 0 Å². The number of guanidine groups is 1. The van der Waals surface area contributed by atoms with E-state index in [0.717, 1.165) is 25.6 Å². The van der Waals surface area contributed by atoms with Crippen molar-refractivity contribution < 1.29 is 4.79 Å². The zero-order valence-electron chi connectivity index (χ0n) is 17.8. The summed E-state index contributed by atoms with van der Waals surface area (Å²) in [7, 11) is 2.22. The normalized spacial score (nSPS) is 20.0. The molecule has 1 saturated heterocycles.